The van der Waals surface area contributed by atoms with Gasteiger partial charge in [0.25, 0.3) is 0 Å². The zero-order chi connectivity index (χ0) is 29.8. The zero-order valence-corrected chi connectivity index (χ0v) is 26.2. The van der Waals surface area contributed by atoms with E-state index in [1.54, 1.807) is 0 Å². The van der Waals surface area contributed by atoms with E-state index in [4.69, 9.17) is 0 Å². The molecule has 0 aliphatic rings. The molecule has 0 bridgehead atoms. The molecule has 3 aromatic carbocycles. The van der Waals surface area contributed by atoms with Crippen LogP contribution in [-0.4, -0.2) is 45.5 Å². The summed E-state index contributed by atoms with van der Waals surface area (Å²) in [7, 11) is 0. The minimum absolute atomic E-state index is 0.0475. The molecule has 3 atom stereocenters. The average molecular weight is 557 g/mol. The molecule has 222 valence electrons. The number of nitrogens with zero attached hydrogens (tertiary/aromatic N) is 2. The molecule has 0 saturated heterocycles. The maximum Gasteiger partial charge on any atom is 0.223 e. The highest BCUT2D eigenvalue weighted by Crippen LogP contribution is 2.30. The summed E-state index contributed by atoms with van der Waals surface area (Å²) in [4.78, 5) is 18.2. The molecule has 4 nitrogen and oxygen atoms in total. The van der Waals surface area contributed by atoms with Gasteiger partial charge in [-0.05, 0) is 47.3 Å². The number of amides is 1. The van der Waals surface area contributed by atoms with Crippen molar-refractivity contribution < 1.29 is 9.90 Å². The normalized spacial score (nSPS) is 14.2. The third kappa shape index (κ3) is 10.1. The summed E-state index contributed by atoms with van der Waals surface area (Å²) in [5, 5.41) is 12.1. The molecule has 0 saturated carbocycles. The Labute approximate surface area is 249 Å². The fourth-order valence-corrected chi connectivity index (χ4v) is 5.48. The lowest BCUT2D eigenvalue weighted by molar-refractivity contribution is -0.138. The number of hydrogen-bond acceptors (Lipinski definition) is 3. The van der Waals surface area contributed by atoms with Gasteiger partial charge >= 0.3 is 0 Å². The molecular weight excluding hydrogens is 504 g/mol. The molecule has 3 aromatic rings. The van der Waals surface area contributed by atoms with Crippen LogP contribution in [0.5, 0.6) is 0 Å². The third-order valence-corrected chi connectivity index (χ3v) is 8.70. The molecule has 41 heavy (non-hydrogen) atoms. The highest BCUT2D eigenvalue weighted by atomic mass is 16.3. The Balaban J connectivity index is 1.97. The summed E-state index contributed by atoms with van der Waals surface area (Å²) in [6, 6.07) is 31.3. The van der Waals surface area contributed by atoms with E-state index >= 15 is 0 Å². The van der Waals surface area contributed by atoms with Gasteiger partial charge in [0.1, 0.15) is 0 Å². The second-order valence-electron chi connectivity index (χ2n) is 12.7. The first-order valence-corrected chi connectivity index (χ1v) is 15.5. The monoisotopic (exact) mass is 556 g/mol. The largest absolute Gasteiger partial charge is 0.390 e. The van der Waals surface area contributed by atoms with E-state index in [9.17, 15) is 9.90 Å². The predicted molar refractivity (Wildman–Crippen MR) is 171 cm³/mol. The molecule has 0 radical (unpaired) electrons. The number of hydrogen-bond donors (Lipinski definition) is 1. The Morgan fingerprint density at radius 1 is 0.756 bits per heavy atom. The van der Waals surface area contributed by atoms with Gasteiger partial charge in [-0.2, -0.15) is 0 Å². The Hall–Kier alpha value is -2.95. The third-order valence-electron chi connectivity index (χ3n) is 8.70. The van der Waals surface area contributed by atoms with Gasteiger partial charge in [0, 0.05) is 38.1 Å². The molecule has 0 heterocycles. The molecule has 0 aliphatic carbocycles. The Kier molecular flexibility index (Phi) is 12.6. The summed E-state index contributed by atoms with van der Waals surface area (Å²) in [5.41, 5.74) is 3.65. The van der Waals surface area contributed by atoms with Crippen LogP contribution in [0.25, 0.3) is 0 Å². The Bertz CT molecular complexity index is 1100. The van der Waals surface area contributed by atoms with Gasteiger partial charge in [-0.3, -0.25) is 9.69 Å². The first-order valence-electron chi connectivity index (χ1n) is 15.5. The lowest BCUT2D eigenvalue weighted by Gasteiger charge is -2.40. The van der Waals surface area contributed by atoms with Crippen LogP contribution < -0.4 is 0 Å². The van der Waals surface area contributed by atoms with Gasteiger partial charge in [0.05, 0.1) is 6.10 Å². The first-order chi connectivity index (χ1) is 19.6. The van der Waals surface area contributed by atoms with E-state index in [1.807, 2.05) is 23.1 Å². The van der Waals surface area contributed by atoms with Gasteiger partial charge in [0.2, 0.25) is 5.91 Å². The molecule has 0 aromatic heterocycles. The van der Waals surface area contributed by atoms with Gasteiger partial charge in [-0.15, -0.1) is 0 Å². The number of benzene rings is 3. The minimum atomic E-state index is -0.711. The van der Waals surface area contributed by atoms with Gasteiger partial charge in [-0.25, -0.2) is 0 Å². The van der Waals surface area contributed by atoms with E-state index in [0.29, 0.717) is 32.5 Å². The van der Waals surface area contributed by atoms with Crippen molar-refractivity contribution in [1.29, 1.82) is 0 Å². The number of carbonyl (C=O) groups is 1. The van der Waals surface area contributed by atoms with Crippen molar-refractivity contribution in [3.8, 4) is 0 Å². The second-order valence-corrected chi connectivity index (χ2v) is 12.7. The quantitative estimate of drug-likeness (QED) is 0.208. The molecule has 0 aliphatic heterocycles. The SMILES string of the molecule is CCC(CC)N(C[C@@H](O)[C@H](Cc1ccccc1)N(Cc1ccccc1)Cc1ccccc1)C(=O)C[C@@H](C)C(C)(C)C. The Morgan fingerprint density at radius 3 is 1.61 bits per heavy atom. The highest BCUT2D eigenvalue weighted by molar-refractivity contribution is 5.77. The lowest BCUT2D eigenvalue weighted by atomic mass is 9.80. The van der Waals surface area contributed by atoms with Crippen LogP contribution in [0.3, 0.4) is 0 Å². The van der Waals surface area contributed by atoms with E-state index in [2.05, 4.69) is 119 Å². The van der Waals surface area contributed by atoms with Crippen LogP contribution in [0.15, 0.2) is 91.0 Å². The fraction of sp³-hybridized carbons (Fsp3) is 0.486. The second kappa shape index (κ2) is 15.9. The van der Waals surface area contributed by atoms with Gasteiger partial charge in [-0.1, -0.05) is 133 Å². The first kappa shape index (κ1) is 32.6. The molecule has 1 N–H and O–H groups in total. The van der Waals surface area contributed by atoms with Crippen molar-refractivity contribution in [3.63, 3.8) is 0 Å². The number of aliphatic hydroxyl groups excluding tert-OH is 1. The molecule has 3 rings (SSSR count). The van der Waals surface area contributed by atoms with Crippen molar-refractivity contribution in [3.05, 3.63) is 108 Å². The number of aliphatic hydroxyl groups is 1. The maximum atomic E-state index is 13.8. The van der Waals surface area contributed by atoms with Gasteiger partial charge in [0.15, 0.2) is 0 Å². The maximum absolute atomic E-state index is 13.8. The van der Waals surface area contributed by atoms with Crippen molar-refractivity contribution in [1.82, 2.24) is 9.80 Å². The van der Waals surface area contributed by atoms with E-state index < -0.39 is 6.10 Å². The summed E-state index contributed by atoms with van der Waals surface area (Å²) in [6.07, 6.45) is 2.23. The molecule has 0 spiro atoms. The molecular formula is C37H52N2O2. The van der Waals surface area contributed by atoms with Gasteiger partial charge < -0.3 is 10.0 Å². The fourth-order valence-electron chi connectivity index (χ4n) is 5.48. The number of carbonyl (C=O) groups excluding carboxylic acids is 1. The Morgan fingerprint density at radius 2 is 1.20 bits per heavy atom. The van der Waals surface area contributed by atoms with Crippen molar-refractivity contribution in [2.24, 2.45) is 11.3 Å². The smallest absolute Gasteiger partial charge is 0.223 e. The van der Waals surface area contributed by atoms with Crippen molar-refractivity contribution in [2.45, 2.75) is 98.5 Å². The summed E-state index contributed by atoms with van der Waals surface area (Å²) >= 11 is 0. The van der Waals surface area contributed by atoms with E-state index in [0.717, 1.165) is 12.8 Å². The molecule has 0 fully saturated rings. The van der Waals surface area contributed by atoms with Crippen LogP contribution in [0.2, 0.25) is 0 Å². The van der Waals surface area contributed by atoms with E-state index in [-0.39, 0.29) is 29.3 Å². The van der Waals surface area contributed by atoms with Crippen LogP contribution in [0.4, 0.5) is 0 Å². The number of rotatable bonds is 15. The summed E-state index contributed by atoms with van der Waals surface area (Å²) in [5.74, 6) is 0.396. The summed E-state index contributed by atoms with van der Waals surface area (Å²) in [6.45, 7) is 14.8. The van der Waals surface area contributed by atoms with Crippen LogP contribution in [0, 0.1) is 11.3 Å². The van der Waals surface area contributed by atoms with E-state index in [1.165, 1.54) is 16.7 Å². The highest BCUT2D eigenvalue weighted by Gasteiger charge is 2.33. The average Bonchev–Trinajstić information content (AvgIpc) is 2.96. The zero-order valence-electron chi connectivity index (χ0n) is 26.2. The van der Waals surface area contributed by atoms with Crippen LogP contribution in [-0.2, 0) is 24.3 Å². The molecule has 4 heteroatoms. The molecule has 0 unspecified atom stereocenters. The topological polar surface area (TPSA) is 43.8 Å². The van der Waals surface area contributed by atoms with Crippen molar-refractivity contribution >= 4 is 5.91 Å². The summed E-state index contributed by atoms with van der Waals surface area (Å²) < 4.78 is 0. The van der Waals surface area contributed by atoms with Crippen LogP contribution in [0.1, 0.15) is 77.5 Å². The van der Waals surface area contributed by atoms with Crippen molar-refractivity contribution in [2.75, 3.05) is 6.54 Å². The molecule has 1 amide bonds. The predicted octanol–water partition coefficient (Wildman–Crippen LogP) is 7.75. The minimum Gasteiger partial charge on any atom is -0.390 e. The lowest BCUT2D eigenvalue weighted by Crippen LogP contribution is -2.52. The van der Waals surface area contributed by atoms with Crippen LogP contribution >= 0.6 is 0 Å². The standard InChI is InChI=1S/C37H52N2O2/c1-7-33(8-2)39(36(41)24-29(3)37(4,5)6)28-35(40)34(25-30-18-12-9-13-19-30)38(26-31-20-14-10-15-21-31)27-32-22-16-11-17-23-32/h9-23,29,33-35,40H,7-8,24-28H2,1-6H3/t29-,34+,35-/m1/s1.